The maximum Gasteiger partial charge on any atom is 0.254 e. The Labute approximate surface area is 177 Å². The summed E-state index contributed by atoms with van der Waals surface area (Å²) >= 11 is 0. The molecular weight excluding hydrogens is 386 g/mol. The third-order valence-electron chi connectivity index (χ3n) is 6.56. The van der Waals surface area contributed by atoms with Crippen LogP contribution in [0.15, 0.2) is 24.3 Å². The highest BCUT2D eigenvalue weighted by Gasteiger charge is 2.50. The smallest absolute Gasteiger partial charge is 0.254 e. The molecule has 2 heterocycles. The summed E-state index contributed by atoms with van der Waals surface area (Å²) in [5.74, 6) is -0.0138. The average Bonchev–Trinajstić information content (AvgIpc) is 3.56. The van der Waals surface area contributed by atoms with E-state index >= 15 is 0 Å². The number of ether oxygens (including phenoxy) is 2. The second-order valence-electron chi connectivity index (χ2n) is 8.47. The molecule has 0 radical (unpaired) electrons. The Balaban J connectivity index is 1.35. The van der Waals surface area contributed by atoms with E-state index in [9.17, 15) is 14.7 Å². The minimum absolute atomic E-state index is 0.00164. The summed E-state index contributed by atoms with van der Waals surface area (Å²) in [6, 6.07) is 7.75. The molecule has 1 aromatic carbocycles. The molecule has 0 aromatic heterocycles. The molecule has 1 aromatic rings. The molecule has 4 rings (SSSR count). The largest absolute Gasteiger partial charge is 0.380 e. The van der Waals surface area contributed by atoms with Gasteiger partial charge in [-0.2, -0.15) is 0 Å². The van der Waals surface area contributed by atoms with Gasteiger partial charge in [-0.1, -0.05) is 12.1 Å². The van der Waals surface area contributed by atoms with Crippen LogP contribution in [0.3, 0.4) is 0 Å². The molecular formula is C22H31N3O5. The van der Waals surface area contributed by atoms with E-state index in [1.807, 2.05) is 24.3 Å². The maximum atomic E-state index is 12.9. The highest BCUT2D eigenvalue weighted by atomic mass is 16.5. The fourth-order valence-electron chi connectivity index (χ4n) is 4.42. The summed E-state index contributed by atoms with van der Waals surface area (Å²) in [5.41, 5.74) is 0.639. The Kier molecular flexibility index (Phi) is 6.11. The monoisotopic (exact) mass is 417 g/mol. The van der Waals surface area contributed by atoms with Crippen molar-refractivity contribution in [3.63, 3.8) is 0 Å². The first-order chi connectivity index (χ1) is 14.4. The van der Waals surface area contributed by atoms with Gasteiger partial charge < -0.3 is 24.4 Å². The number of piperazine rings is 1. The first-order valence-corrected chi connectivity index (χ1v) is 10.7. The van der Waals surface area contributed by atoms with Crippen LogP contribution in [0.4, 0.5) is 0 Å². The van der Waals surface area contributed by atoms with Gasteiger partial charge in [0, 0.05) is 51.9 Å². The van der Waals surface area contributed by atoms with E-state index in [1.165, 1.54) is 0 Å². The molecule has 2 amide bonds. The molecule has 164 valence electrons. The van der Waals surface area contributed by atoms with Crippen LogP contribution in [-0.2, 0) is 14.3 Å². The normalized spacial score (nSPS) is 28.3. The van der Waals surface area contributed by atoms with Crippen molar-refractivity contribution in [2.75, 3.05) is 40.4 Å². The fourth-order valence-corrected chi connectivity index (χ4v) is 4.42. The van der Waals surface area contributed by atoms with Gasteiger partial charge >= 0.3 is 0 Å². The van der Waals surface area contributed by atoms with Crippen molar-refractivity contribution in [3.05, 3.63) is 35.4 Å². The summed E-state index contributed by atoms with van der Waals surface area (Å²) in [7, 11) is 3.38. The average molecular weight is 418 g/mol. The van der Waals surface area contributed by atoms with Gasteiger partial charge in [-0.3, -0.25) is 14.9 Å². The van der Waals surface area contributed by atoms with Crippen molar-refractivity contribution in [3.8, 4) is 0 Å². The molecule has 2 aliphatic heterocycles. The van der Waals surface area contributed by atoms with Crippen LogP contribution in [0.5, 0.6) is 0 Å². The summed E-state index contributed by atoms with van der Waals surface area (Å²) in [6.45, 7) is 1.90. The third-order valence-corrected chi connectivity index (χ3v) is 6.56. The highest BCUT2D eigenvalue weighted by Crippen LogP contribution is 2.37. The summed E-state index contributed by atoms with van der Waals surface area (Å²) in [6.07, 6.45) is 2.81. The lowest BCUT2D eigenvalue weighted by Gasteiger charge is -2.36. The number of aliphatic hydroxyl groups is 1. The van der Waals surface area contributed by atoms with Gasteiger partial charge in [0.2, 0.25) is 0 Å². The number of amides is 2. The zero-order valence-electron chi connectivity index (χ0n) is 17.7. The van der Waals surface area contributed by atoms with Crippen LogP contribution >= 0.6 is 0 Å². The van der Waals surface area contributed by atoms with E-state index in [0.29, 0.717) is 44.6 Å². The van der Waals surface area contributed by atoms with Gasteiger partial charge in [-0.05, 0) is 43.4 Å². The number of benzene rings is 1. The molecule has 3 aliphatic rings. The number of nitrogens with zero attached hydrogens (tertiary/aromatic N) is 2. The van der Waals surface area contributed by atoms with E-state index in [2.05, 4.69) is 5.32 Å². The van der Waals surface area contributed by atoms with Crippen LogP contribution in [-0.4, -0.2) is 85.2 Å². The molecule has 3 fully saturated rings. The quantitative estimate of drug-likeness (QED) is 0.740. The Morgan fingerprint density at radius 1 is 1.00 bits per heavy atom. The van der Waals surface area contributed by atoms with Gasteiger partial charge in [0.25, 0.3) is 11.8 Å². The number of hydrogen-bond donors (Lipinski definition) is 2. The van der Waals surface area contributed by atoms with Crippen LogP contribution in [0.1, 0.15) is 47.5 Å². The second-order valence-corrected chi connectivity index (χ2v) is 8.47. The van der Waals surface area contributed by atoms with E-state index in [0.717, 1.165) is 18.4 Å². The van der Waals surface area contributed by atoms with Crippen LogP contribution < -0.4 is 5.32 Å². The van der Waals surface area contributed by atoms with Gasteiger partial charge in [0.05, 0.1) is 0 Å². The Hall–Kier alpha value is -2.00. The number of methoxy groups -OCH3 is 2. The molecule has 0 bridgehead atoms. The van der Waals surface area contributed by atoms with E-state index < -0.39 is 5.60 Å². The standard InChI is InChI=1S/C22H31N3O5/c1-29-18-8-7-17(19(23-18)30-2)15-3-5-16(6-4-15)20(26)24-11-13-25(14-12-24)21(27)22(28)9-10-22/h3-6,17-19,23,28H,7-14H2,1-2H3. The Morgan fingerprint density at radius 3 is 2.20 bits per heavy atom. The van der Waals surface area contributed by atoms with Crippen LogP contribution in [0, 0.1) is 0 Å². The SMILES string of the molecule is COC1CCC(c2ccc(C(=O)N3CCN(C(=O)C4(O)CC4)CC3)cc2)C(OC)N1. The van der Waals surface area contributed by atoms with Crippen molar-refractivity contribution in [1.29, 1.82) is 0 Å². The predicted octanol–water partition coefficient (Wildman–Crippen LogP) is 0.908. The van der Waals surface area contributed by atoms with Crippen molar-refractivity contribution in [2.24, 2.45) is 0 Å². The first kappa shape index (κ1) is 21.2. The molecule has 3 atom stereocenters. The molecule has 3 unspecified atom stereocenters. The van der Waals surface area contributed by atoms with Crippen LogP contribution in [0.2, 0.25) is 0 Å². The lowest BCUT2D eigenvalue weighted by atomic mass is 9.88. The lowest BCUT2D eigenvalue weighted by Crippen LogP contribution is -2.53. The number of rotatable bonds is 5. The van der Waals surface area contributed by atoms with Gasteiger partial charge in [-0.25, -0.2) is 0 Å². The summed E-state index contributed by atoms with van der Waals surface area (Å²) in [4.78, 5) is 28.6. The van der Waals surface area contributed by atoms with Crippen molar-refractivity contribution in [2.45, 2.75) is 49.7 Å². The molecule has 8 heteroatoms. The Bertz CT molecular complexity index is 771. The molecule has 8 nitrogen and oxygen atoms in total. The molecule has 2 N–H and O–H groups in total. The number of piperidine rings is 1. The van der Waals surface area contributed by atoms with Crippen molar-refractivity contribution < 1.29 is 24.2 Å². The molecule has 1 aliphatic carbocycles. The van der Waals surface area contributed by atoms with Crippen molar-refractivity contribution in [1.82, 2.24) is 15.1 Å². The third kappa shape index (κ3) is 4.23. The lowest BCUT2D eigenvalue weighted by molar-refractivity contribution is -0.143. The Morgan fingerprint density at radius 2 is 1.63 bits per heavy atom. The zero-order valence-corrected chi connectivity index (χ0v) is 17.7. The summed E-state index contributed by atoms with van der Waals surface area (Å²) in [5, 5.41) is 13.4. The van der Waals surface area contributed by atoms with E-state index in [-0.39, 0.29) is 30.2 Å². The molecule has 30 heavy (non-hydrogen) atoms. The number of hydrogen-bond acceptors (Lipinski definition) is 6. The minimum Gasteiger partial charge on any atom is -0.380 e. The predicted molar refractivity (Wildman–Crippen MR) is 110 cm³/mol. The fraction of sp³-hybridized carbons (Fsp3) is 0.636. The molecule has 0 spiro atoms. The topological polar surface area (TPSA) is 91.3 Å². The van der Waals surface area contributed by atoms with Gasteiger partial charge in [0.15, 0.2) is 0 Å². The highest BCUT2D eigenvalue weighted by molar-refractivity contribution is 5.94. The maximum absolute atomic E-state index is 12.9. The molecule has 1 saturated carbocycles. The number of nitrogens with one attached hydrogen (secondary N) is 1. The number of carbonyl (C=O) groups excluding carboxylic acids is 2. The number of carbonyl (C=O) groups is 2. The van der Waals surface area contributed by atoms with E-state index in [4.69, 9.17) is 9.47 Å². The minimum atomic E-state index is -1.14. The van der Waals surface area contributed by atoms with Gasteiger partial charge in [0.1, 0.15) is 18.1 Å². The summed E-state index contributed by atoms with van der Waals surface area (Å²) < 4.78 is 11.0. The zero-order chi connectivity index (χ0) is 21.3. The van der Waals surface area contributed by atoms with Crippen molar-refractivity contribution >= 4 is 11.8 Å². The second kappa shape index (κ2) is 8.63. The molecule has 2 saturated heterocycles. The first-order valence-electron chi connectivity index (χ1n) is 10.7. The van der Waals surface area contributed by atoms with Gasteiger partial charge in [-0.15, -0.1) is 0 Å². The van der Waals surface area contributed by atoms with Crippen LogP contribution in [0.25, 0.3) is 0 Å². The van der Waals surface area contributed by atoms with E-state index in [1.54, 1.807) is 24.0 Å².